The molecular weight excluding hydrogens is 341 g/mol. The van der Waals surface area contributed by atoms with Gasteiger partial charge in [-0.05, 0) is 37.5 Å². The molecule has 2 aliphatic heterocycles. The van der Waals surface area contributed by atoms with Crippen molar-refractivity contribution >= 4 is 34.2 Å². The molecule has 132 valence electrons. The SMILES string of the molecule is C[C@@]1(c2cc(CC(=O)C3=NCC(=O)CC3)ccc2F)CCSC(N)=N1. The number of Topliss-reactive ketones (excluding diaryl/α,β-unsaturated/α-hetero) is 2. The first-order valence-corrected chi connectivity index (χ1v) is 9.21. The van der Waals surface area contributed by atoms with Crippen LogP contribution in [0.1, 0.15) is 37.3 Å². The van der Waals surface area contributed by atoms with Crippen molar-refractivity contribution in [3.05, 3.63) is 35.1 Å². The van der Waals surface area contributed by atoms with Crippen LogP contribution < -0.4 is 5.73 Å². The summed E-state index contributed by atoms with van der Waals surface area (Å²) in [6.07, 6.45) is 1.58. The van der Waals surface area contributed by atoms with Gasteiger partial charge in [-0.15, -0.1) is 0 Å². The second-order valence-electron chi connectivity index (χ2n) is 6.54. The second kappa shape index (κ2) is 7.07. The average Bonchev–Trinajstić information content (AvgIpc) is 2.57. The maximum absolute atomic E-state index is 14.4. The number of hydrogen-bond acceptors (Lipinski definition) is 6. The molecule has 5 nitrogen and oxygen atoms in total. The van der Waals surface area contributed by atoms with Gasteiger partial charge in [-0.1, -0.05) is 17.8 Å². The van der Waals surface area contributed by atoms with Gasteiger partial charge >= 0.3 is 0 Å². The van der Waals surface area contributed by atoms with Gasteiger partial charge in [0.2, 0.25) is 0 Å². The van der Waals surface area contributed by atoms with Crippen LogP contribution in [0.5, 0.6) is 0 Å². The largest absolute Gasteiger partial charge is 0.379 e. The molecule has 1 aromatic rings. The maximum Gasteiger partial charge on any atom is 0.180 e. The molecule has 0 saturated carbocycles. The Balaban J connectivity index is 1.83. The lowest BCUT2D eigenvalue weighted by atomic mass is 9.87. The summed E-state index contributed by atoms with van der Waals surface area (Å²) >= 11 is 1.46. The molecule has 2 heterocycles. The van der Waals surface area contributed by atoms with Crippen molar-refractivity contribution < 1.29 is 14.0 Å². The predicted octanol–water partition coefficient (Wildman–Crippen LogP) is 2.41. The Bertz CT molecular complexity index is 791. The Morgan fingerprint density at radius 3 is 2.88 bits per heavy atom. The number of rotatable bonds is 4. The first-order valence-electron chi connectivity index (χ1n) is 8.23. The molecule has 2 N–H and O–H groups in total. The van der Waals surface area contributed by atoms with Crippen molar-refractivity contribution in [3.63, 3.8) is 0 Å². The molecular formula is C18H20FN3O2S. The van der Waals surface area contributed by atoms with Crippen LogP contribution in [0.4, 0.5) is 4.39 Å². The summed E-state index contributed by atoms with van der Waals surface area (Å²) in [4.78, 5) is 32.1. The summed E-state index contributed by atoms with van der Waals surface area (Å²) in [5.41, 5.74) is 6.73. The number of amidine groups is 1. The Labute approximate surface area is 150 Å². The van der Waals surface area contributed by atoms with E-state index in [1.807, 2.05) is 6.92 Å². The Morgan fingerprint density at radius 2 is 2.20 bits per heavy atom. The van der Waals surface area contributed by atoms with E-state index in [9.17, 15) is 14.0 Å². The molecule has 25 heavy (non-hydrogen) atoms. The summed E-state index contributed by atoms with van der Waals surface area (Å²) in [7, 11) is 0. The van der Waals surface area contributed by atoms with Gasteiger partial charge in [-0.2, -0.15) is 0 Å². The lowest BCUT2D eigenvalue weighted by Gasteiger charge is -2.30. The lowest BCUT2D eigenvalue weighted by molar-refractivity contribution is -0.117. The zero-order valence-electron chi connectivity index (χ0n) is 14.0. The molecule has 0 amide bonds. The van der Waals surface area contributed by atoms with Crippen molar-refractivity contribution in [1.29, 1.82) is 0 Å². The van der Waals surface area contributed by atoms with E-state index in [2.05, 4.69) is 9.98 Å². The lowest BCUT2D eigenvalue weighted by Crippen LogP contribution is -2.30. The van der Waals surface area contributed by atoms with Crippen molar-refractivity contribution in [1.82, 2.24) is 0 Å². The summed E-state index contributed by atoms with van der Waals surface area (Å²) in [5.74, 6) is 0.374. The number of hydrogen-bond donors (Lipinski definition) is 1. The Kier molecular flexibility index (Phi) is 5.03. The maximum atomic E-state index is 14.4. The fraction of sp³-hybridized carbons (Fsp3) is 0.444. The van der Waals surface area contributed by atoms with E-state index in [0.29, 0.717) is 41.3 Å². The highest BCUT2D eigenvalue weighted by Crippen LogP contribution is 2.36. The highest BCUT2D eigenvalue weighted by atomic mass is 32.2. The number of aliphatic imine (C=N–C) groups is 2. The molecule has 2 aliphatic rings. The summed E-state index contributed by atoms with van der Waals surface area (Å²) in [6.45, 7) is 1.94. The monoisotopic (exact) mass is 361 g/mol. The average molecular weight is 361 g/mol. The van der Waals surface area contributed by atoms with Crippen LogP contribution in [-0.2, 0) is 21.5 Å². The number of halogens is 1. The highest BCUT2D eigenvalue weighted by molar-refractivity contribution is 8.13. The molecule has 7 heteroatoms. The Morgan fingerprint density at radius 1 is 1.40 bits per heavy atom. The van der Waals surface area contributed by atoms with Crippen LogP contribution in [0.15, 0.2) is 28.2 Å². The van der Waals surface area contributed by atoms with Crippen molar-refractivity contribution in [2.45, 2.75) is 38.1 Å². The molecule has 0 aromatic heterocycles. The van der Waals surface area contributed by atoms with E-state index < -0.39 is 5.54 Å². The van der Waals surface area contributed by atoms with Crippen LogP contribution in [0.3, 0.4) is 0 Å². The molecule has 1 aromatic carbocycles. The number of nitrogens with two attached hydrogens (primary N) is 1. The third-order valence-corrected chi connectivity index (χ3v) is 5.38. The minimum Gasteiger partial charge on any atom is -0.379 e. The molecule has 0 spiro atoms. The predicted molar refractivity (Wildman–Crippen MR) is 97.7 cm³/mol. The zero-order valence-corrected chi connectivity index (χ0v) is 14.9. The fourth-order valence-electron chi connectivity index (χ4n) is 3.09. The van der Waals surface area contributed by atoms with Crippen LogP contribution in [-0.4, -0.2) is 34.7 Å². The molecule has 0 aliphatic carbocycles. The van der Waals surface area contributed by atoms with E-state index in [-0.39, 0.29) is 30.3 Å². The van der Waals surface area contributed by atoms with E-state index >= 15 is 0 Å². The summed E-state index contributed by atoms with van der Waals surface area (Å²) in [5, 5.41) is 0.454. The van der Waals surface area contributed by atoms with Gasteiger partial charge in [-0.25, -0.2) is 4.39 Å². The number of ketones is 2. The second-order valence-corrected chi connectivity index (χ2v) is 7.65. The quantitative estimate of drug-likeness (QED) is 0.892. The van der Waals surface area contributed by atoms with E-state index in [4.69, 9.17) is 5.73 Å². The smallest absolute Gasteiger partial charge is 0.180 e. The van der Waals surface area contributed by atoms with Gasteiger partial charge in [0.1, 0.15) is 5.82 Å². The van der Waals surface area contributed by atoms with E-state index in [1.54, 1.807) is 12.1 Å². The molecule has 3 rings (SSSR count). The topological polar surface area (TPSA) is 84.9 Å². The first kappa shape index (κ1) is 17.8. The van der Waals surface area contributed by atoms with Crippen LogP contribution >= 0.6 is 11.8 Å². The van der Waals surface area contributed by atoms with Crippen LogP contribution in [0.2, 0.25) is 0 Å². The number of carbonyl (C=O) groups is 2. The van der Waals surface area contributed by atoms with Gasteiger partial charge in [0.05, 0.1) is 17.8 Å². The third-order valence-electron chi connectivity index (χ3n) is 4.58. The van der Waals surface area contributed by atoms with Crippen molar-refractivity contribution in [2.24, 2.45) is 15.7 Å². The molecule has 0 unspecified atom stereocenters. The van der Waals surface area contributed by atoms with Gasteiger partial charge < -0.3 is 5.73 Å². The zero-order chi connectivity index (χ0) is 18.0. The fourth-order valence-corrected chi connectivity index (χ4v) is 4.07. The summed E-state index contributed by atoms with van der Waals surface area (Å²) in [6, 6.07) is 4.69. The van der Waals surface area contributed by atoms with Crippen LogP contribution in [0, 0.1) is 5.82 Å². The van der Waals surface area contributed by atoms with E-state index in [0.717, 1.165) is 5.75 Å². The normalized spacial score (nSPS) is 23.8. The first-order chi connectivity index (χ1) is 11.9. The van der Waals surface area contributed by atoms with Gasteiger partial charge in [0.25, 0.3) is 0 Å². The van der Waals surface area contributed by atoms with E-state index in [1.165, 1.54) is 17.8 Å². The summed E-state index contributed by atoms with van der Waals surface area (Å²) < 4.78 is 14.4. The van der Waals surface area contributed by atoms with Crippen molar-refractivity contribution in [2.75, 3.05) is 12.3 Å². The molecule has 0 saturated heterocycles. The number of nitrogens with zero attached hydrogens (tertiary/aromatic N) is 2. The standard InChI is InChI=1S/C18H20FN3O2S/c1-18(6-7-25-17(20)22-18)13-8-11(2-4-14(13)19)9-16(24)15-5-3-12(23)10-21-15/h2,4,8H,3,5-7,9-10H2,1H3,(H2,20,22)/t18-/m0/s1. The molecule has 0 bridgehead atoms. The number of thioether (sulfide) groups is 1. The van der Waals surface area contributed by atoms with Gasteiger partial charge in [-0.3, -0.25) is 19.6 Å². The molecule has 1 atom stereocenters. The molecule has 0 radical (unpaired) electrons. The van der Waals surface area contributed by atoms with Gasteiger partial charge in [0, 0.05) is 24.2 Å². The van der Waals surface area contributed by atoms with Gasteiger partial charge in [0.15, 0.2) is 16.7 Å². The number of carbonyl (C=O) groups excluding carboxylic acids is 2. The van der Waals surface area contributed by atoms with Crippen molar-refractivity contribution in [3.8, 4) is 0 Å². The highest BCUT2D eigenvalue weighted by Gasteiger charge is 2.32. The number of benzene rings is 1. The third kappa shape index (κ3) is 3.98. The molecule has 0 fully saturated rings. The minimum atomic E-state index is -0.715. The Hall–Kier alpha value is -2.02. The minimum absolute atomic E-state index is 0.0548. The van der Waals surface area contributed by atoms with Crippen LogP contribution in [0.25, 0.3) is 0 Å².